The summed E-state index contributed by atoms with van der Waals surface area (Å²) < 4.78 is 15.8. The predicted molar refractivity (Wildman–Crippen MR) is 63.7 cm³/mol. The van der Waals surface area contributed by atoms with Crippen LogP contribution in [0.2, 0.25) is 0 Å². The first-order valence-electron chi connectivity index (χ1n) is 6.28. The lowest BCUT2D eigenvalue weighted by atomic mass is 10.1. The van der Waals surface area contributed by atoms with Crippen molar-refractivity contribution in [2.45, 2.75) is 19.3 Å². The number of hydrogen-bond donors (Lipinski definition) is 1. The van der Waals surface area contributed by atoms with Crippen LogP contribution in [0, 0.1) is 5.92 Å². The Hall–Kier alpha value is -0.160. The average Bonchev–Trinajstić information content (AvgIpc) is 2.80. The number of ether oxygens (including phenoxy) is 3. The second-order valence-electron chi connectivity index (χ2n) is 4.22. The molecular weight excluding hydrogens is 206 g/mol. The van der Waals surface area contributed by atoms with Crippen molar-refractivity contribution in [2.75, 3.05) is 53.2 Å². The third-order valence-corrected chi connectivity index (χ3v) is 2.84. The maximum atomic E-state index is 5.52. The minimum atomic E-state index is 0.701. The third kappa shape index (κ3) is 7.17. The van der Waals surface area contributed by atoms with Crippen LogP contribution >= 0.6 is 0 Å². The molecule has 1 saturated heterocycles. The van der Waals surface area contributed by atoms with E-state index in [0.29, 0.717) is 13.2 Å². The van der Waals surface area contributed by atoms with Crippen LogP contribution in [0.3, 0.4) is 0 Å². The Morgan fingerprint density at radius 3 is 2.56 bits per heavy atom. The summed E-state index contributed by atoms with van der Waals surface area (Å²) in [4.78, 5) is 0. The van der Waals surface area contributed by atoms with Gasteiger partial charge in [-0.25, -0.2) is 0 Å². The highest BCUT2D eigenvalue weighted by Gasteiger charge is 2.13. The van der Waals surface area contributed by atoms with Gasteiger partial charge in [0.25, 0.3) is 0 Å². The molecule has 4 heteroatoms. The standard InChI is InChI=1S/C12H25NO3/c1-14-6-2-7-15-9-10-16-8-4-12-3-5-13-11-12/h12-13H,2-11H2,1H3. The van der Waals surface area contributed by atoms with Gasteiger partial charge in [0.15, 0.2) is 0 Å². The minimum Gasteiger partial charge on any atom is -0.385 e. The lowest BCUT2D eigenvalue weighted by molar-refractivity contribution is 0.0363. The zero-order chi connectivity index (χ0) is 11.5. The fourth-order valence-corrected chi connectivity index (χ4v) is 1.84. The van der Waals surface area contributed by atoms with E-state index in [1.54, 1.807) is 7.11 Å². The van der Waals surface area contributed by atoms with Crippen molar-refractivity contribution < 1.29 is 14.2 Å². The summed E-state index contributed by atoms with van der Waals surface area (Å²) in [6.07, 6.45) is 3.44. The highest BCUT2D eigenvalue weighted by Crippen LogP contribution is 2.11. The zero-order valence-corrected chi connectivity index (χ0v) is 10.4. The molecular formula is C12H25NO3. The van der Waals surface area contributed by atoms with Crippen LogP contribution in [-0.4, -0.2) is 53.2 Å². The van der Waals surface area contributed by atoms with E-state index in [0.717, 1.165) is 38.7 Å². The molecule has 1 rings (SSSR count). The largest absolute Gasteiger partial charge is 0.385 e. The monoisotopic (exact) mass is 231 g/mol. The van der Waals surface area contributed by atoms with Crippen LogP contribution in [0.1, 0.15) is 19.3 Å². The summed E-state index contributed by atoms with van der Waals surface area (Å²) in [5.41, 5.74) is 0. The van der Waals surface area contributed by atoms with E-state index in [9.17, 15) is 0 Å². The normalized spacial score (nSPS) is 20.4. The van der Waals surface area contributed by atoms with Gasteiger partial charge < -0.3 is 19.5 Å². The maximum absolute atomic E-state index is 5.52. The molecule has 1 heterocycles. The van der Waals surface area contributed by atoms with Crippen molar-refractivity contribution in [2.24, 2.45) is 5.92 Å². The Kier molecular flexibility index (Phi) is 8.71. The SMILES string of the molecule is COCCCOCCOCCC1CCNC1. The van der Waals surface area contributed by atoms with Gasteiger partial charge in [0.1, 0.15) is 0 Å². The van der Waals surface area contributed by atoms with Crippen LogP contribution in [0.25, 0.3) is 0 Å². The lowest BCUT2D eigenvalue weighted by Crippen LogP contribution is -2.12. The van der Waals surface area contributed by atoms with Crippen LogP contribution in [0.5, 0.6) is 0 Å². The van der Waals surface area contributed by atoms with Gasteiger partial charge in [0.05, 0.1) is 13.2 Å². The number of hydrogen-bond acceptors (Lipinski definition) is 4. The van der Waals surface area contributed by atoms with Gasteiger partial charge in [0.2, 0.25) is 0 Å². The highest BCUT2D eigenvalue weighted by atomic mass is 16.5. The summed E-state index contributed by atoms with van der Waals surface area (Å²) in [5, 5.41) is 3.36. The Morgan fingerprint density at radius 2 is 1.88 bits per heavy atom. The molecule has 1 fully saturated rings. The van der Waals surface area contributed by atoms with Crippen molar-refractivity contribution >= 4 is 0 Å². The summed E-state index contributed by atoms with van der Waals surface area (Å²) in [7, 11) is 1.71. The molecule has 16 heavy (non-hydrogen) atoms. The van der Waals surface area contributed by atoms with Gasteiger partial charge in [-0.1, -0.05) is 0 Å². The van der Waals surface area contributed by atoms with E-state index in [1.165, 1.54) is 19.4 Å². The molecule has 1 aliphatic heterocycles. The van der Waals surface area contributed by atoms with E-state index >= 15 is 0 Å². The topological polar surface area (TPSA) is 39.7 Å². The van der Waals surface area contributed by atoms with Crippen molar-refractivity contribution in [1.29, 1.82) is 0 Å². The fourth-order valence-electron chi connectivity index (χ4n) is 1.84. The Morgan fingerprint density at radius 1 is 1.06 bits per heavy atom. The Bertz CT molecular complexity index is 149. The lowest BCUT2D eigenvalue weighted by Gasteiger charge is -2.09. The molecule has 0 spiro atoms. The van der Waals surface area contributed by atoms with E-state index < -0.39 is 0 Å². The van der Waals surface area contributed by atoms with Crippen molar-refractivity contribution in [3.8, 4) is 0 Å². The number of rotatable bonds is 10. The van der Waals surface area contributed by atoms with Crippen LogP contribution in [0.15, 0.2) is 0 Å². The summed E-state index contributed by atoms with van der Waals surface area (Å²) in [5.74, 6) is 0.822. The Labute approximate surface area is 98.6 Å². The molecule has 0 aromatic rings. The minimum absolute atomic E-state index is 0.701. The second kappa shape index (κ2) is 10.0. The number of methoxy groups -OCH3 is 1. The molecule has 0 aromatic heterocycles. The maximum Gasteiger partial charge on any atom is 0.0700 e. The molecule has 1 unspecified atom stereocenters. The van der Waals surface area contributed by atoms with Crippen molar-refractivity contribution in [1.82, 2.24) is 5.32 Å². The molecule has 1 N–H and O–H groups in total. The molecule has 96 valence electrons. The molecule has 0 aromatic carbocycles. The van der Waals surface area contributed by atoms with Gasteiger partial charge in [-0.05, 0) is 38.3 Å². The van der Waals surface area contributed by atoms with Gasteiger partial charge in [-0.15, -0.1) is 0 Å². The van der Waals surface area contributed by atoms with Crippen molar-refractivity contribution in [3.63, 3.8) is 0 Å². The van der Waals surface area contributed by atoms with Crippen LogP contribution in [-0.2, 0) is 14.2 Å². The average molecular weight is 231 g/mol. The second-order valence-corrected chi connectivity index (χ2v) is 4.22. The predicted octanol–water partition coefficient (Wildman–Crippen LogP) is 1.06. The van der Waals surface area contributed by atoms with E-state index in [1.807, 2.05) is 0 Å². The van der Waals surface area contributed by atoms with Crippen LogP contribution < -0.4 is 5.32 Å². The Balaban J connectivity index is 1.71. The first-order chi connectivity index (χ1) is 7.93. The summed E-state index contributed by atoms with van der Waals surface area (Å²) in [6.45, 7) is 6.16. The van der Waals surface area contributed by atoms with E-state index in [4.69, 9.17) is 14.2 Å². The fraction of sp³-hybridized carbons (Fsp3) is 1.00. The summed E-state index contributed by atoms with van der Waals surface area (Å²) in [6, 6.07) is 0. The van der Waals surface area contributed by atoms with Gasteiger partial charge in [-0.3, -0.25) is 0 Å². The first kappa shape index (κ1) is 13.9. The van der Waals surface area contributed by atoms with Gasteiger partial charge >= 0.3 is 0 Å². The molecule has 0 radical (unpaired) electrons. The quantitative estimate of drug-likeness (QED) is 0.571. The zero-order valence-electron chi connectivity index (χ0n) is 10.4. The third-order valence-electron chi connectivity index (χ3n) is 2.84. The van der Waals surface area contributed by atoms with E-state index in [-0.39, 0.29) is 0 Å². The molecule has 1 aliphatic rings. The first-order valence-corrected chi connectivity index (χ1v) is 6.28. The highest BCUT2D eigenvalue weighted by molar-refractivity contribution is 4.70. The molecule has 1 atom stereocenters. The molecule has 4 nitrogen and oxygen atoms in total. The van der Waals surface area contributed by atoms with Gasteiger partial charge in [0, 0.05) is 26.9 Å². The molecule has 0 saturated carbocycles. The molecule has 0 bridgehead atoms. The molecule has 0 amide bonds. The smallest absolute Gasteiger partial charge is 0.0700 e. The van der Waals surface area contributed by atoms with Crippen molar-refractivity contribution in [3.05, 3.63) is 0 Å². The van der Waals surface area contributed by atoms with Gasteiger partial charge in [-0.2, -0.15) is 0 Å². The molecule has 0 aliphatic carbocycles. The van der Waals surface area contributed by atoms with Crippen LogP contribution in [0.4, 0.5) is 0 Å². The summed E-state index contributed by atoms with van der Waals surface area (Å²) >= 11 is 0. The number of nitrogens with one attached hydrogen (secondary N) is 1. The van der Waals surface area contributed by atoms with E-state index in [2.05, 4.69) is 5.32 Å².